The van der Waals surface area contributed by atoms with Crippen molar-refractivity contribution in [1.82, 2.24) is 0 Å². The summed E-state index contributed by atoms with van der Waals surface area (Å²) in [5.41, 5.74) is 2.69. The van der Waals surface area contributed by atoms with Crippen LogP contribution >= 0.6 is 0 Å². The van der Waals surface area contributed by atoms with Crippen LogP contribution in [-0.2, 0) is 0 Å². The van der Waals surface area contributed by atoms with E-state index in [0.29, 0.717) is 28.2 Å². The summed E-state index contributed by atoms with van der Waals surface area (Å²) in [6.07, 6.45) is 0. The summed E-state index contributed by atoms with van der Waals surface area (Å²) < 4.78 is 5.13. The van der Waals surface area contributed by atoms with Crippen molar-refractivity contribution in [3.63, 3.8) is 0 Å². The minimum atomic E-state index is -0.143. The van der Waals surface area contributed by atoms with Crippen LogP contribution in [0.25, 0.3) is 0 Å². The third kappa shape index (κ3) is 3.43. The molecule has 1 N–H and O–H groups in total. The smallest absolute Gasteiger partial charge is 0.193 e. The molecule has 3 rings (SSSR count). The van der Waals surface area contributed by atoms with E-state index < -0.39 is 0 Å². The highest BCUT2D eigenvalue weighted by molar-refractivity contribution is 6.21. The summed E-state index contributed by atoms with van der Waals surface area (Å²) in [5, 5.41) is 13.0. The van der Waals surface area contributed by atoms with E-state index in [1.54, 1.807) is 49.6 Å². The highest BCUT2D eigenvalue weighted by Crippen LogP contribution is 2.20. The Morgan fingerprint density at radius 2 is 1.40 bits per heavy atom. The third-order valence-corrected chi connectivity index (χ3v) is 3.93. The number of rotatable bonds is 5. The van der Waals surface area contributed by atoms with Gasteiger partial charge in [0.15, 0.2) is 5.78 Å². The Bertz CT molecular complexity index is 900. The molecule has 0 heterocycles. The molecule has 25 heavy (non-hydrogen) atoms. The van der Waals surface area contributed by atoms with Crippen LogP contribution in [0, 0.1) is 0 Å². The van der Waals surface area contributed by atoms with Gasteiger partial charge in [0.1, 0.15) is 11.5 Å². The van der Waals surface area contributed by atoms with E-state index in [0.717, 1.165) is 5.56 Å². The fourth-order valence-electron chi connectivity index (χ4n) is 2.65. The molecule has 0 aliphatic heterocycles. The predicted octanol–water partition coefficient (Wildman–Crippen LogP) is 4.15. The summed E-state index contributed by atoms with van der Waals surface area (Å²) >= 11 is 0. The van der Waals surface area contributed by atoms with Gasteiger partial charge >= 0.3 is 0 Å². The van der Waals surface area contributed by atoms with E-state index in [2.05, 4.69) is 5.16 Å². The predicted molar refractivity (Wildman–Crippen MR) is 96.7 cm³/mol. The Hall–Kier alpha value is -3.40. The monoisotopic (exact) mass is 331 g/mol. The molecule has 0 fully saturated rings. The molecule has 0 amide bonds. The van der Waals surface area contributed by atoms with Gasteiger partial charge in [0.05, 0.1) is 7.11 Å². The zero-order valence-corrected chi connectivity index (χ0v) is 13.7. The molecule has 0 saturated carbocycles. The van der Waals surface area contributed by atoms with Gasteiger partial charge in [-0.25, -0.2) is 0 Å². The van der Waals surface area contributed by atoms with Crippen LogP contribution in [-0.4, -0.2) is 23.8 Å². The summed E-state index contributed by atoms with van der Waals surface area (Å²) in [5.74, 6) is 0.544. The SMILES string of the molecule is COc1ccc(C(=O)c2ccccc2C(=NO)c2ccccc2)cc1. The Kier molecular flexibility index (Phi) is 4.90. The molecule has 0 radical (unpaired) electrons. The molecule has 0 bridgehead atoms. The molecule has 0 aliphatic rings. The lowest BCUT2D eigenvalue weighted by Gasteiger charge is -2.11. The fraction of sp³-hybridized carbons (Fsp3) is 0.0476. The Balaban J connectivity index is 2.04. The van der Waals surface area contributed by atoms with E-state index in [1.807, 2.05) is 36.4 Å². The minimum absolute atomic E-state index is 0.143. The van der Waals surface area contributed by atoms with Crippen molar-refractivity contribution in [2.24, 2.45) is 5.16 Å². The molecule has 124 valence electrons. The molecule has 0 aliphatic carbocycles. The number of methoxy groups -OCH3 is 1. The molecular formula is C21H17NO3. The molecule has 4 heteroatoms. The molecule has 0 atom stereocenters. The molecule has 3 aromatic carbocycles. The first kappa shape index (κ1) is 16.5. The largest absolute Gasteiger partial charge is 0.497 e. The first-order chi connectivity index (χ1) is 12.2. The summed E-state index contributed by atoms with van der Waals surface area (Å²) in [7, 11) is 1.58. The van der Waals surface area contributed by atoms with Gasteiger partial charge in [0, 0.05) is 22.3 Å². The van der Waals surface area contributed by atoms with E-state index in [4.69, 9.17) is 4.74 Å². The quantitative estimate of drug-likeness (QED) is 0.331. The summed E-state index contributed by atoms with van der Waals surface area (Å²) in [4.78, 5) is 12.9. The van der Waals surface area contributed by atoms with Crippen molar-refractivity contribution in [1.29, 1.82) is 0 Å². The number of hydrogen-bond donors (Lipinski definition) is 1. The molecule has 3 aromatic rings. The van der Waals surface area contributed by atoms with Gasteiger partial charge in [0.25, 0.3) is 0 Å². The van der Waals surface area contributed by atoms with Crippen molar-refractivity contribution in [3.05, 3.63) is 101 Å². The fourth-order valence-corrected chi connectivity index (χ4v) is 2.65. The van der Waals surface area contributed by atoms with Crippen LogP contribution < -0.4 is 4.74 Å². The standard InChI is InChI=1S/C21H17NO3/c1-25-17-13-11-16(12-14-17)21(23)19-10-6-5-9-18(19)20(22-24)15-7-3-2-4-8-15/h2-14,24H,1H3. The first-order valence-electron chi connectivity index (χ1n) is 7.80. The lowest BCUT2D eigenvalue weighted by Crippen LogP contribution is -2.12. The second-order valence-electron chi connectivity index (χ2n) is 5.42. The van der Waals surface area contributed by atoms with Crippen molar-refractivity contribution < 1.29 is 14.7 Å². The summed E-state index contributed by atoms with van der Waals surface area (Å²) in [6, 6.07) is 23.3. The lowest BCUT2D eigenvalue weighted by atomic mass is 9.93. The maximum Gasteiger partial charge on any atom is 0.193 e. The lowest BCUT2D eigenvalue weighted by molar-refractivity contribution is 0.103. The average Bonchev–Trinajstić information content (AvgIpc) is 2.69. The topological polar surface area (TPSA) is 58.9 Å². The van der Waals surface area contributed by atoms with Gasteiger partial charge in [-0.3, -0.25) is 4.79 Å². The number of ketones is 1. The van der Waals surface area contributed by atoms with Gasteiger partial charge in [-0.05, 0) is 24.3 Å². The van der Waals surface area contributed by atoms with Crippen molar-refractivity contribution in [2.75, 3.05) is 7.11 Å². The Labute approximate surface area is 146 Å². The minimum Gasteiger partial charge on any atom is -0.497 e. The van der Waals surface area contributed by atoms with Gasteiger partial charge in [-0.2, -0.15) is 0 Å². The van der Waals surface area contributed by atoms with E-state index in [1.165, 1.54) is 0 Å². The molecule has 4 nitrogen and oxygen atoms in total. The number of nitrogens with zero attached hydrogens (tertiary/aromatic N) is 1. The number of oxime groups is 1. The first-order valence-corrected chi connectivity index (χ1v) is 7.80. The number of benzene rings is 3. The number of ether oxygens (including phenoxy) is 1. The van der Waals surface area contributed by atoms with Crippen LogP contribution in [0.2, 0.25) is 0 Å². The van der Waals surface area contributed by atoms with E-state index in [-0.39, 0.29) is 5.78 Å². The van der Waals surface area contributed by atoms with Crippen LogP contribution in [0.3, 0.4) is 0 Å². The normalized spacial score (nSPS) is 11.2. The van der Waals surface area contributed by atoms with E-state index in [9.17, 15) is 10.0 Å². The highest BCUT2D eigenvalue weighted by Gasteiger charge is 2.18. The third-order valence-electron chi connectivity index (χ3n) is 3.93. The van der Waals surface area contributed by atoms with Crippen LogP contribution in [0.1, 0.15) is 27.0 Å². The van der Waals surface area contributed by atoms with E-state index >= 15 is 0 Å². The number of hydrogen-bond acceptors (Lipinski definition) is 4. The molecule has 0 spiro atoms. The molecule has 0 saturated heterocycles. The van der Waals surface area contributed by atoms with Gasteiger partial charge in [0.2, 0.25) is 0 Å². The number of carbonyl (C=O) groups excluding carboxylic acids is 1. The van der Waals surface area contributed by atoms with Crippen LogP contribution in [0.5, 0.6) is 5.75 Å². The molecule has 0 aromatic heterocycles. The second-order valence-corrected chi connectivity index (χ2v) is 5.42. The van der Waals surface area contributed by atoms with Crippen molar-refractivity contribution >= 4 is 11.5 Å². The highest BCUT2D eigenvalue weighted by atomic mass is 16.5. The van der Waals surface area contributed by atoms with Crippen LogP contribution in [0.15, 0.2) is 84.0 Å². The maximum absolute atomic E-state index is 12.9. The summed E-state index contributed by atoms with van der Waals surface area (Å²) in [6.45, 7) is 0. The van der Waals surface area contributed by atoms with Gasteiger partial charge in [-0.15, -0.1) is 0 Å². The Morgan fingerprint density at radius 1 is 0.800 bits per heavy atom. The Morgan fingerprint density at radius 3 is 2.00 bits per heavy atom. The molecular weight excluding hydrogens is 314 g/mol. The number of carbonyl (C=O) groups is 1. The van der Waals surface area contributed by atoms with Gasteiger partial charge < -0.3 is 9.94 Å². The van der Waals surface area contributed by atoms with Gasteiger partial charge in [-0.1, -0.05) is 59.8 Å². The molecule has 0 unspecified atom stereocenters. The maximum atomic E-state index is 12.9. The average molecular weight is 331 g/mol. The van der Waals surface area contributed by atoms with Crippen LogP contribution in [0.4, 0.5) is 0 Å². The zero-order chi connectivity index (χ0) is 17.6. The second kappa shape index (κ2) is 7.45. The zero-order valence-electron chi connectivity index (χ0n) is 13.7. The van der Waals surface area contributed by atoms with Crippen molar-refractivity contribution in [2.45, 2.75) is 0 Å². The van der Waals surface area contributed by atoms with Crippen molar-refractivity contribution in [3.8, 4) is 5.75 Å².